The van der Waals surface area contributed by atoms with Crippen molar-refractivity contribution in [2.24, 2.45) is 5.73 Å². The minimum absolute atomic E-state index is 0.0131. The van der Waals surface area contributed by atoms with E-state index in [0.717, 1.165) is 38.1 Å². The Morgan fingerprint density at radius 1 is 1.44 bits per heavy atom. The zero-order chi connectivity index (χ0) is 13.2. The molecule has 0 saturated carbocycles. The van der Waals surface area contributed by atoms with Gasteiger partial charge in [-0.05, 0) is 51.8 Å². The Labute approximate surface area is 109 Å². The molecule has 2 rings (SSSR count). The molecule has 1 saturated heterocycles. The lowest BCUT2D eigenvalue weighted by Gasteiger charge is -2.32. The summed E-state index contributed by atoms with van der Waals surface area (Å²) in [5, 5.41) is 10.1. The third kappa shape index (κ3) is 3.13. The van der Waals surface area contributed by atoms with E-state index in [9.17, 15) is 5.11 Å². The van der Waals surface area contributed by atoms with Crippen molar-refractivity contribution in [1.82, 2.24) is 4.90 Å². The number of hydrogen-bond donors (Lipinski definition) is 2. The first-order chi connectivity index (χ1) is 8.49. The normalized spacial score (nSPS) is 29.8. The summed E-state index contributed by atoms with van der Waals surface area (Å²) in [4.78, 5) is 2.34. The smallest absolute Gasteiger partial charge is 0.122 e. The second-order valence-electron chi connectivity index (χ2n) is 5.71. The molecule has 2 heterocycles. The van der Waals surface area contributed by atoms with Gasteiger partial charge in [0.25, 0.3) is 0 Å². The fraction of sp³-hybridized carbons (Fsp3) is 0.714. The lowest BCUT2D eigenvalue weighted by atomic mass is 9.98. The molecule has 4 heteroatoms. The van der Waals surface area contributed by atoms with Crippen LogP contribution in [-0.4, -0.2) is 34.7 Å². The lowest BCUT2D eigenvalue weighted by molar-refractivity contribution is 0.0417. The van der Waals surface area contributed by atoms with Gasteiger partial charge in [0.1, 0.15) is 5.76 Å². The topological polar surface area (TPSA) is 62.6 Å². The Bertz CT molecular complexity index is 360. The van der Waals surface area contributed by atoms with Gasteiger partial charge in [0.2, 0.25) is 0 Å². The van der Waals surface area contributed by atoms with Crippen molar-refractivity contribution in [3.05, 3.63) is 24.2 Å². The highest BCUT2D eigenvalue weighted by molar-refractivity contribution is 5.07. The fourth-order valence-electron chi connectivity index (χ4n) is 2.79. The number of nitrogens with zero attached hydrogens (tertiary/aromatic N) is 1. The van der Waals surface area contributed by atoms with Crippen LogP contribution in [0, 0.1) is 0 Å². The molecule has 4 nitrogen and oxygen atoms in total. The summed E-state index contributed by atoms with van der Waals surface area (Å²) in [5.41, 5.74) is 5.57. The summed E-state index contributed by atoms with van der Waals surface area (Å²) >= 11 is 0. The zero-order valence-electron chi connectivity index (χ0n) is 11.3. The van der Waals surface area contributed by atoms with Crippen LogP contribution in [0.15, 0.2) is 22.8 Å². The molecule has 18 heavy (non-hydrogen) atoms. The van der Waals surface area contributed by atoms with Crippen LogP contribution in [0.4, 0.5) is 0 Å². The Balaban J connectivity index is 2.12. The van der Waals surface area contributed by atoms with Crippen LogP contribution in [0.2, 0.25) is 0 Å². The number of nitrogens with two attached hydrogens (primary N) is 1. The number of aliphatic hydroxyl groups is 1. The monoisotopic (exact) mass is 252 g/mol. The van der Waals surface area contributed by atoms with Gasteiger partial charge in [-0.2, -0.15) is 0 Å². The Morgan fingerprint density at radius 3 is 2.83 bits per heavy atom. The van der Waals surface area contributed by atoms with Gasteiger partial charge < -0.3 is 15.3 Å². The van der Waals surface area contributed by atoms with Crippen LogP contribution < -0.4 is 5.73 Å². The minimum atomic E-state index is -0.541. The van der Waals surface area contributed by atoms with E-state index in [-0.39, 0.29) is 12.1 Å². The lowest BCUT2D eigenvalue weighted by Crippen LogP contribution is -2.40. The highest BCUT2D eigenvalue weighted by Gasteiger charge is 2.31. The first-order valence-electron chi connectivity index (χ1n) is 6.75. The van der Waals surface area contributed by atoms with E-state index in [0.29, 0.717) is 0 Å². The molecule has 0 radical (unpaired) electrons. The van der Waals surface area contributed by atoms with Crippen LogP contribution in [0.3, 0.4) is 0 Å². The van der Waals surface area contributed by atoms with Gasteiger partial charge in [0, 0.05) is 12.6 Å². The largest absolute Gasteiger partial charge is 0.468 e. The first kappa shape index (κ1) is 13.6. The number of likely N-dealkylation sites (tertiary alicyclic amines) is 1. The van der Waals surface area contributed by atoms with E-state index in [2.05, 4.69) is 4.90 Å². The van der Waals surface area contributed by atoms with E-state index >= 15 is 0 Å². The van der Waals surface area contributed by atoms with Crippen LogP contribution >= 0.6 is 0 Å². The molecule has 0 aliphatic carbocycles. The van der Waals surface area contributed by atoms with Crippen LogP contribution in [0.1, 0.15) is 44.9 Å². The molecule has 0 spiro atoms. The second-order valence-corrected chi connectivity index (χ2v) is 5.71. The van der Waals surface area contributed by atoms with Crippen molar-refractivity contribution in [2.45, 2.75) is 50.8 Å². The van der Waals surface area contributed by atoms with Crippen LogP contribution in [-0.2, 0) is 0 Å². The maximum atomic E-state index is 10.1. The van der Waals surface area contributed by atoms with E-state index in [1.807, 2.05) is 26.0 Å². The van der Waals surface area contributed by atoms with E-state index in [1.165, 1.54) is 0 Å². The SMILES string of the molecule is CC(N)C(c1ccco1)N1CCCC(C)(O)CC1. The fourth-order valence-corrected chi connectivity index (χ4v) is 2.79. The highest BCUT2D eigenvalue weighted by atomic mass is 16.3. The Kier molecular flexibility index (Phi) is 4.10. The van der Waals surface area contributed by atoms with Crippen LogP contribution in [0.25, 0.3) is 0 Å². The molecule has 102 valence electrons. The maximum Gasteiger partial charge on any atom is 0.122 e. The minimum Gasteiger partial charge on any atom is -0.468 e. The maximum absolute atomic E-state index is 10.1. The standard InChI is InChI=1S/C14H24N2O2/c1-11(15)13(12-5-3-10-18-12)16-8-4-6-14(2,17)7-9-16/h3,5,10-11,13,17H,4,6-9,15H2,1-2H3. The van der Waals surface area contributed by atoms with E-state index in [1.54, 1.807) is 6.26 Å². The Morgan fingerprint density at radius 2 is 2.22 bits per heavy atom. The molecule has 1 aliphatic rings. The predicted octanol–water partition coefficient (Wildman–Crippen LogP) is 1.90. The third-order valence-electron chi connectivity index (χ3n) is 3.82. The molecular weight excluding hydrogens is 228 g/mol. The Hall–Kier alpha value is -0.840. The highest BCUT2D eigenvalue weighted by Crippen LogP contribution is 2.29. The summed E-state index contributed by atoms with van der Waals surface area (Å²) in [7, 11) is 0. The van der Waals surface area contributed by atoms with Crippen molar-refractivity contribution < 1.29 is 9.52 Å². The molecule has 0 amide bonds. The van der Waals surface area contributed by atoms with Crippen molar-refractivity contribution >= 4 is 0 Å². The van der Waals surface area contributed by atoms with Gasteiger partial charge in [-0.1, -0.05) is 0 Å². The molecule has 3 N–H and O–H groups in total. The average molecular weight is 252 g/mol. The van der Waals surface area contributed by atoms with Gasteiger partial charge >= 0.3 is 0 Å². The third-order valence-corrected chi connectivity index (χ3v) is 3.82. The summed E-state index contributed by atoms with van der Waals surface area (Å²) in [6, 6.07) is 4.00. The predicted molar refractivity (Wildman–Crippen MR) is 71.1 cm³/mol. The van der Waals surface area contributed by atoms with Crippen molar-refractivity contribution in [1.29, 1.82) is 0 Å². The molecule has 1 fully saturated rings. The second kappa shape index (κ2) is 5.43. The van der Waals surface area contributed by atoms with Crippen molar-refractivity contribution in [3.8, 4) is 0 Å². The average Bonchev–Trinajstić information content (AvgIpc) is 2.72. The zero-order valence-corrected chi connectivity index (χ0v) is 11.3. The van der Waals surface area contributed by atoms with Crippen molar-refractivity contribution in [3.63, 3.8) is 0 Å². The quantitative estimate of drug-likeness (QED) is 0.862. The van der Waals surface area contributed by atoms with E-state index < -0.39 is 5.60 Å². The first-order valence-corrected chi connectivity index (χ1v) is 6.75. The van der Waals surface area contributed by atoms with Crippen molar-refractivity contribution in [2.75, 3.05) is 13.1 Å². The summed E-state index contributed by atoms with van der Waals surface area (Å²) in [6.07, 6.45) is 4.33. The van der Waals surface area contributed by atoms with Gasteiger partial charge in [0.05, 0.1) is 17.9 Å². The molecule has 3 atom stereocenters. The number of hydrogen-bond acceptors (Lipinski definition) is 4. The summed E-state index contributed by atoms with van der Waals surface area (Å²) < 4.78 is 5.52. The molecule has 1 aliphatic heterocycles. The van der Waals surface area contributed by atoms with Gasteiger partial charge in [-0.15, -0.1) is 0 Å². The van der Waals surface area contributed by atoms with Gasteiger partial charge in [-0.3, -0.25) is 4.90 Å². The van der Waals surface area contributed by atoms with Gasteiger partial charge in [0.15, 0.2) is 0 Å². The van der Waals surface area contributed by atoms with Crippen LogP contribution in [0.5, 0.6) is 0 Å². The molecule has 1 aromatic rings. The summed E-state index contributed by atoms with van der Waals surface area (Å²) in [5.74, 6) is 0.923. The molecule has 0 aromatic carbocycles. The number of rotatable bonds is 3. The van der Waals surface area contributed by atoms with Gasteiger partial charge in [-0.25, -0.2) is 0 Å². The number of furan rings is 1. The summed E-state index contributed by atoms with van der Waals surface area (Å²) in [6.45, 7) is 5.75. The molecule has 1 aromatic heterocycles. The molecule has 0 bridgehead atoms. The van der Waals surface area contributed by atoms with E-state index in [4.69, 9.17) is 10.2 Å². The molecule has 3 unspecified atom stereocenters. The molecular formula is C14H24N2O2.